The minimum Gasteiger partial charge on any atom is -0.370 e. The monoisotopic (exact) mass is 228 g/mol. The molecule has 0 saturated heterocycles. The predicted molar refractivity (Wildman–Crippen MR) is 62.1 cm³/mol. The lowest BCUT2D eigenvalue weighted by Crippen LogP contribution is -2.08. The van der Waals surface area contributed by atoms with Crippen LogP contribution in [0.4, 0.5) is 5.82 Å². The Bertz CT molecular complexity index is 499. The first-order valence-electron chi connectivity index (χ1n) is 5.33. The molecule has 0 aliphatic carbocycles. The van der Waals surface area contributed by atoms with Gasteiger partial charge in [-0.15, -0.1) is 5.10 Å². The fourth-order valence-electron chi connectivity index (χ4n) is 1.40. The number of pyridine rings is 1. The van der Waals surface area contributed by atoms with Crippen LogP contribution in [-0.4, -0.2) is 26.5 Å². The fourth-order valence-corrected chi connectivity index (χ4v) is 1.40. The summed E-state index contributed by atoms with van der Waals surface area (Å²) >= 11 is 0. The fraction of sp³-hybridized carbons (Fsp3) is 0.273. The number of hydrogen-bond acceptors (Lipinski definition) is 5. The lowest BCUT2D eigenvalue weighted by molar-refractivity contribution is 0.569. The van der Waals surface area contributed by atoms with Gasteiger partial charge in [0.25, 0.3) is 0 Å². The van der Waals surface area contributed by atoms with Crippen LogP contribution >= 0.6 is 0 Å². The largest absolute Gasteiger partial charge is 0.370 e. The molecule has 6 heteroatoms. The van der Waals surface area contributed by atoms with Crippen molar-refractivity contribution >= 4 is 5.82 Å². The van der Waals surface area contributed by atoms with Crippen molar-refractivity contribution in [3.05, 3.63) is 36.3 Å². The summed E-state index contributed by atoms with van der Waals surface area (Å²) in [6, 6.07) is 7.34. The molecule has 0 saturated carbocycles. The van der Waals surface area contributed by atoms with Crippen LogP contribution in [0.3, 0.4) is 0 Å². The van der Waals surface area contributed by atoms with E-state index in [0.717, 1.165) is 25.3 Å². The average Bonchev–Trinajstić information content (AvgIpc) is 2.88. The van der Waals surface area contributed by atoms with Crippen molar-refractivity contribution in [2.45, 2.75) is 13.0 Å². The van der Waals surface area contributed by atoms with Gasteiger partial charge in [0.05, 0.1) is 6.20 Å². The highest BCUT2D eigenvalue weighted by molar-refractivity contribution is 5.38. The SMILES string of the molecule is N#Cc1cccc(NCCCn2ccnn2)n1. The lowest BCUT2D eigenvalue weighted by Gasteiger charge is -2.05. The van der Waals surface area contributed by atoms with Gasteiger partial charge in [-0.1, -0.05) is 11.3 Å². The summed E-state index contributed by atoms with van der Waals surface area (Å²) in [5.41, 5.74) is 0.422. The summed E-state index contributed by atoms with van der Waals surface area (Å²) in [5, 5.41) is 19.5. The van der Waals surface area contributed by atoms with Gasteiger partial charge in [-0.3, -0.25) is 4.68 Å². The molecular formula is C11H12N6. The number of aromatic nitrogens is 4. The van der Waals surface area contributed by atoms with E-state index in [0.29, 0.717) is 5.69 Å². The normalized spacial score (nSPS) is 9.82. The summed E-state index contributed by atoms with van der Waals surface area (Å²) in [4.78, 5) is 4.12. The smallest absolute Gasteiger partial charge is 0.142 e. The Morgan fingerprint density at radius 2 is 2.35 bits per heavy atom. The van der Waals surface area contributed by atoms with Gasteiger partial charge in [0.1, 0.15) is 17.6 Å². The molecule has 0 aromatic carbocycles. The standard InChI is InChI=1S/C11H12N6/c12-9-10-3-1-4-11(15-10)13-5-2-7-17-8-6-14-16-17/h1,3-4,6,8H,2,5,7H2,(H,13,15). The maximum absolute atomic E-state index is 8.70. The maximum Gasteiger partial charge on any atom is 0.142 e. The van der Waals surface area contributed by atoms with Crippen molar-refractivity contribution in [1.82, 2.24) is 20.0 Å². The number of nitrogens with zero attached hydrogens (tertiary/aromatic N) is 5. The van der Waals surface area contributed by atoms with E-state index in [9.17, 15) is 0 Å². The second kappa shape index (κ2) is 5.61. The first kappa shape index (κ1) is 11.1. The molecule has 2 heterocycles. The second-order valence-electron chi connectivity index (χ2n) is 3.47. The van der Waals surface area contributed by atoms with Crippen molar-refractivity contribution in [3.8, 4) is 6.07 Å². The first-order valence-corrected chi connectivity index (χ1v) is 5.33. The molecule has 0 bridgehead atoms. The molecule has 0 spiro atoms. The van der Waals surface area contributed by atoms with Gasteiger partial charge in [0.15, 0.2) is 0 Å². The molecule has 2 aromatic rings. The van der Waals surface area contributed by atoms with Crippen molar-refractivity contribution in [2.75, 3.05) is 11.9 Å². The number of rotatable bonds is 5. The van der Waals surface area contributed by atoms with Gasteiger partial charge in [0, 0.05) is 19.3 Å². The Balaban J connectivity index is 1.76. The van der Waals surface area contributed by atoms with Crippen LogP contribution in [-0.2, 0) is 6.54 Å². The Hall–Kier alpha value is -2.42. The Morgan fingerprint density at radius 3 is 3.12 bits per heavy atom. The predicted octanol–water partition coefficient (Wildman–Crippen LogP) is 1.05. The first-order chi connectivity index (χ1) is 8.38. The summed E-state index contributed by atoms with van der Waals surface area (Å²) in [6.07, 6.45) is 4.40. The number of hydrogen-bond donors (Lipinski definition) is 1. The highest BCUT2D eigenvalue weighted by atomic mass is 15.4. The molecule has 0 aliphatic heterocycles. The number of nitrogens with one attached hydrogen (secondary N) is 1. The second-order valence-corrected chi connectivity index (χ2v) is 3.47. The molecule has 17 heavy (non-hydrogen) atoms. The number of aryl methyl sites for hydroxylation is 1. The van der Waals surface area contributed by atoms with Crippen LogP contribution in [0.15, 0.2) is 30.6 Å². The average molecular weight is 228 g/mol. The van der Waals surface area contributed by atoms with Crippen molar-refractivity contribution in [3.63, 3.8) is 0 Å². The van der Waals surface area contributed by atoms with Gasteiger partial charge in [-0.05, 0) is 18.6 Å². The van der Waals surface area contributed by atoms with Crippen LogP contribution in [0, 0.1) is 11.3 Å². The highest BCUT2D eigenvalue weighted by Gasteiger charge is 1.96. The zero-order chi connectivity index (χ0) is 11.9. The third-order valence-electron chi connectivity index (χ3n) is 2.21. The molecule has 0 atom stereocenters. The number of anilines is 1. The van der Waals surface area contributed by atoms with Gasteiger partial charge in [0.2, 0.25) is 0 Å². The van der Waals surface area contributed by atoms with E-state index >= 15 is 0 Å². The van der Waals surface area contributed by atoms with E-state index < -0.39 is 0 Å². The summed E-state index contributed by atoms with van der Waals surface area (Å²) in [6.45, 7) is 1.59. The zero-order valence-electron chi connectivity index (χ0n) is 9.24. The van der Waals surface area contributed by atoms with E-state index in [2.05, 4.69) is 20.6 Å². The van der Waals surface area contributed by atoms with Crippen molar-refractivity contribution in [2.24, 2.45) is 0 Å². The maximum atomic E-state index is 8.70. The van der Waals surface area contributed by atoms with E-state index in [-0.39, 0.29) is 0 Å². The molecule has 0 radical (unpaired) electrons. The summed E-state index contributed by atoms with van der Waals surface area (Å²) in [7, 11) is 0. The third-order valence-corrected chi connectivity index (χ3v) is 2.21. The van der Waals surface area contributed by atoms with E-state index in [4.69, 9.17) is 5.26 Å². The highest BCUT2D eigenvalue weighted by Crippen LogP contribution is 2.03. The van der Waals surface area contributed by atoms with Crippen LogP contribution in [0.25, 0.3) is 0 Å². The van der Waals surface area contributed by atoms with E-state index in [1.807, 2.05) is 24.4 Å². The van der Waals surface area contributed by atoms with Gasteiger partial charge in [-0.2, -0.15) is 5.26 Å². The Kier molecular flexibility index (Phi) is 3.65. The third kappa shape index (κ3) is 3.28. The number of nitriles is 1. The Morgan fingerprint density at radius 1 is 1.41 bits per heavy atom. The molecular weight excluding hydrogens is 216 g/mol. The minimum absolute atomic E-state index is 0.422. The molecule has 0 fully saturated rings. The van der Waals surface area contributed by atoms with E-state index in [1.165, 1.54) is 0 Å². The molecule has 2 aromatic heterocycles. The molecule has 1 N–H and O–H groups in total. The summed E-state index contributed by atoms with van der Waals surface area (Å²) < 4.78 is 1.78. The molecule has 0 amide bonds. The lowest BCUT2D eigenvalue weighted by atomic mass is 10.3. The quantitative estimate of drug-likeness (QED) is 0.774. The minimum atomic E-state index is 0.422. The van der Waals surface area contributed by atoms with Crippen LogP contribution in [0.2, 0.25) is 0 Å². The molecule has 6 nitrogen and oxygen atoms in total. The Labute approximate surface area is 98.9 Å². The van der Waals surface area contributed by atoms with Gasteiger partial charge >= 0.3 is 0 Å². The van der Waals surface area contributed by atoms with Crippen LogP contribution < -0.4 is 5.32 Å². The topological polar surface area (TPSA) is 79.4 Å². The van der Waals surface area contributed by atoms with Crippen LogP contribution in [0.1, 0.15) is 12.1 Å². The van der Waals surface area contributed by atoms with E-state index in [1.54, 1.807) is 16.9 Å². The van der Waals surface area contributed by atoms with Crippen LogP contribution in [0.5, 0.6) is 0 Å². The molecule has 0 aliphatic rings. The molecule has 86 valence electrons. The van der Waals surface area contributed by atoms with Gasteiger partial charge < -0.3 is 5.32 Å². The van der Waals surface area contributed by atoms with Crippen molar-refractivity contribution < 1.29 is 0 Å². The zero-order valence-corrected chi connectivity index (χ0v) is 9.24. The van der Waals surface area contributed by atoms with Gasteiger partial charge in [-0.25, -0.2) is 4.98 Å². The van der Waals surface area contributed by atoms with Crippen molar-refractivity contribution in [1.29, 1.82) is 5.26 Å². The summed E-state index contributed by atoms with van der Waals surface area (Å²) in [5.74, 6) is 0.725. The molecule has 2 rings (SSSR count). The molecule has 0 unspecified atom stereocenters.